The lowest BCUT2D eigenvalue weighted by atomic mass is 9.98. The number of nitrogens with zero attached hydrogens (tertiary/aromatic N) is 2. The van der Waals surface area contributed by atoms with E-state index in [1.165, 1.54) is 10.4 Å². The largest absolute Gasteiger partial charge is 0.302 e. The summed E-state index contributed by atoms with van der Waals surface area (Å²) in [6.07, 6.45) is 1.49. The second kappa shape index (κ2) is 9.17. The highest BCUT2D eigenvalue weighted by atomic mass is 35.5. The molecule has 1 amide bonds. The van der Waals surface area contributed by atoms with Crippen molar-refractivity contribution in [2.24, 2.45) is 11.8 Å². The van der Waals surface area contributed by atoms with E-state index in [4.69, 9.17) is 16.6 Å². The Labute approximate surface area is 192 Å². The number of benzene rings is 1. The van der Waals surface area contributed by atoms with Crippen molar-refractivity contribution in [3.05, 3.63) is 45.4 Å². The number of fused-ring (bicyclic) bond motifs is 1. The van der Waals surface area contributed by atoms with Gasteiger partial charge in [0.05, 0.1) is 23.2 Å². The average molecular weight is 482 g/mol. The minimum atomic E-state index is -2.91. The smallest absolute Gasteiger partial charge is 0.226 e. The summed E-state index contributed by atoms with van der Waals surface area (Å²) in [6, 6.07) is 8.15. The summed E-state index contributed by atoms with van der Waals surface area (Å²) >= 11 is 7.56. The van der Waals surface area contributed by atoms with Gasteiger partial charge in [-0.15, -0.1) is 11.3 Å². The molecule has 31 heavy (non-hydrogen) atoms. The first kappa shape index (κ1) is 22.7. The number of carbonyl (C=O) groups is 1. The van der Waals surface area contributed by atoms with E-state index in [1.807, 2.05) is 12.1 Å². The molecule has 1 aromatic carbocycles. The van der Waals surface area contributed by atoms with Gasteiger partial charge in [-0.2, -0.15) is 0 Å². The van der Waals surface area contributed by atoms with Crippen LogP contribution in [0.4, 0.5) is 5.13 Å². The van der Waals surface area contributed by atoms with Crippen molar-refractivity contribution in [3.63, 3.8) is 0 Å². The molecule has 168 valence electrons. The van der Waals surface area contributed by atoms with Crippen molar-refractivity contribution in [2.75, 3.05) is 16.8 Å². The molecule has 0 saturated carbocycles. The molecule has 1 unspecified atom stereocenters. The molecule has 9 heteroatoms. The average Bonchev–Trinajstić information content (AvgIpc) is 3.21. The van der Waals surface area contributed by atoms with E-state index in [2.05, 4.69) is 36.2 Å². The van der Waals surface area contributed by atoms with E-state index in [0.29, 0.717) is 30.3 Å². The number of sulfone groups is 1. The van der Waals surface area contributed by atoms with Gasteiger partial charge in [0.15, 0.2) is 5.13 Å². The van der Waals surface area contributed by atoms with Crippen LogP contribution >= 0.6 is 22.9 Å². The number of thiazole rings is 1. The fourth-order valence-electron chi connectivity index (χ4n) is 4.51. The third-order valence-electron chi connectivity index (χ3n) is 6.07. The normalized spacial score (nSPS) is 21.4. The minimum absolute atomic E-state index is 0.0733. The van der Waals surface area contributed by atoms with Gasteiger partial charge < -0.3 is 5.32 Å². The molecule has 1 atom stereocenters. The Morgan fingerprint density at radius 3 is 2.58 bits per heavy atom. The number of halogens is 1. The second-order valence-electron chi connectivity index (χ2n) is 8.90. The van der Waals surface area contributed by atoms with Crippen molar-refractivity contribution in [2.45, 2.75) is 52.2 Å². The third-order valence-corrected chi connectivity index (χ3v) is 9.01. The highest BCUT2D eigenvalue weighted by Crippen LogP contribution is 2.43. The third kappa shape index (κ3) is 5.48. The maximum Gasteiger partial charge on any atom is 0.226 e. The summed E-state index contributed by atoms with van der Waals surface area (Å²) in [5.41, 5.74) is 2.28. The van der Waals surface area contributed by atoms with Crippen LogP contribution in [0.15, 0.2) is 24.3 Å². The van der Waals surface area contributed by atoms with Crippen LogP contribution in [-0.4, -0.2) is 35.7 Å². The fourth-order valence-corrected chi connectivity index (χ4v) is 7.27. The molecule has 1 saturated heterocycles. The molecule has 3 heterocycles. The van der Waals surface area contributed by atoms with E-state index in [-0.39, 0.29) is 29.4 Å². The minimum Gasteiger partial charge on any atom is -0.302 e. The Bertz CT molecular complexity index is 1040. The Kier molecular flexibility index (Phi) is 6.72. The summed E-state index contributed by atoms with van der Waals surface area (Å²) in [5, 5.41) is 4.34. The maximum atomic E-state index is 12.5. The van der Waals surface area contributed by atoms with Crippen molar-refractivity contribution in [1.29, 1.82) is 0 Å². The number of carbonyl (C=O) groups excluding carboxylic acids is 1. The number of aromatic nitrogens is 1. The molecule has 2 aromatic rings. The van der Waals surface area contributed by atoms with Gasteiger partial charge in [0, 0.05) is 29.4 Å². The molecule has 0 bridgehead atoms. The van der Waals surface area contributed by atoms with Crippen molar-refractivity contribution in [1.82, 2.24) is 9.88 Å². The van der Waals surface area contributed by atoms with E-state index in [0.717, 1.165) is 23.8 Å². The first-order valence-electron chi connectivity index (χ1n) is 10.7. The highest BCUT2D eigenvalue weighted by Gasteiger charge is 2.36. The standard InChI is InChI=1S/C22H28ClN3O3S2/c1-14(2)21-20-18(13-26(21)12-16-3-5-17(23)6-4-16)30-22(25-20)24-19(27)11-15-7-9-31(28,29)10-8-15/h3-6,14-15,21H,7-13H2,1-2H3,(H,24,25,27). The summed E-state index contributed by atoms with van der Waals surface area (Å²) in [5.74, 6) is 0.833. The van der Waals surface area contributed by atoms with Crippen molar-refractivity contribution < 1.29 is 13.2 Å². The lowest BCUT2D eigenvalue weighted by Gasteiger charge is -2.27. The van der Waals surface area contributed by atoms with Gasteiger partial charge >= 0.3 is 0 Å². The summed E-state index contributed by atoms with van der Waals surface area (Å²) < 4.78 is 23.2. The molecule has 2 aliphatic rings. The van der Waals surface area contributed by atoms with Gasteiger partial charge in [0.2, 0.25) is 5.91 Å². The maximum absolute atomic E-state index is 12.5. The number of anilines is 1. The zero-order chi connectivity index (χ0) is 22.2. The molecule has 1 N–H and O–H groups in total. The summed E-state index contributed by atoms with van der Waals surface area (Å²) in [4.78, 5) is 20.9. The number of hydrogen-bond donors (Lipinski definition) is 1. The van der Waals surface area contributed by atoms with Crippen LogP contribution in [0.1, 0.15) is 55.3 Å². The molecule has 0 spiro atoms. The monoisotopic (exact) mass is 481 g/mol. The lowest BCUT2D eigenvalue weighted by molar-refractivity contribution is -0.117. The van der Waals surface area contributed by atoms with Gasteiger partial charge in [-0.3, -0.25) is 9.69 Å². The van der Waals surface area contributed by atoms with Crippen LogP contribution in [0.2, 0.25) is 5.02 Å². The molecule has 1 fully saturated rings. The molecule has 4 rings (SSSR count). The topological polar surface area (TPSA) is 79.4 Å². The van der Waals surface area contributed by atoms with Crippen LogP contribution in [0.25, 0.3) is 0 Å². The van der Waals surface area contributed by atoms with Crippen LogP contribution in [0.3, 0.4) is 0 Å². The Morgan fingerprint density at radius 2 is 1.94 bits per heavy atom. The van der Waals surface area contributed by atoms with Gasteiger partial charge in [0.1, 0.15) is 9.84 Å². The predicted octanol–water partition coefficient (Wildman–Crippen LogP) is 4.66. The van der Waals surface area contributed by atoms with Crippen molar-refractivity contribution in [3.8, 4) is 0 Å². The number of nitrogens with one attached hydrogen (secondary N) is 1. The van der Waals surface area contributed by atoms with Gasteiger partial charge in [-0.1, -0.05) is 37.6 Å². The Balaban J connectivity index is 1.39. The van der Waals surface area contributed by atoms with E-state index in [9.17, 15) is 13.2 Å². The quantitative estimate of drug-likeness (QED) is 0.648. The molecular weight excluding hydrogens is 454 g/mol. The van der Waals surface area contributed by atoms with Crippen LogP contribution in [0.5, 0.6) is 0 Å². The van der Waals surface area contributed by atoms with E-state index < -0.39 is 9.84 Å². The lowest BCUT2D eigenvalue weighted by Crippen LogP contribution is -2.27. The molecule has 6 nitrogen and oxygen atoms in total. The fraction of sp³-hybridized carbons (Fsp3) is 0.545. The van der Waals surface area contributed by atoms with Gasteiger partial charge in [-0.25, -0.2) is 13.4 Å². The Morgan fingerprint density at radius 1 is 1.26 bits per heavy atom. The molecule has 2 aliphatic heterocycles. The number of hydrogen-bond acceptors (Lipinski definition) is 6. The zero-order valence-electron chi connectivity index (χ0n) is 17.8. The first-order chi connectivity index (χ1) is 14.7. The van der Waals surface area contributed by atoms with Crippen LogP contribution in [-0.2, 0) is 27.7 Å². The predicted molar refractivity (Wildman–Crippen MR) is 125 cm³/mol. The Hall–Kier alpha value is -1.48. The van der Waals surface area contributed by atoms with Crippen LogP contribution < -0.4 is 5.32 Å². The molecule has 1 aromatic heterocycles. The van der Waals surface area contributed by atoms with E-state index in [1.54, 1.807) is 11.3 Å². The molecule has 0 aliphatic carbocycles. The molecular formula is C22H28ClN3O3S2. The summed E-state index contributed by atoms with van der Waals surface area (Å²) in [7, 11) is -2.91. The first-order valence-corrected chi connectivity index (χ1v) is 13.7. The SMILES string of the molecule is CC(C)C1c2nc(NC(=O)CC3CCS(=O)(=O)CC3)sc2CN1Cc1ccc(Cl)cc1. The summed E-state index contributed by atoms with van der Waals surface area (Å²) in [6.45, 7) is 6.04. The highest BCUT2D eigenvalue weighted by molar-refractivity contribution is 7.91. The zero-order valence-corrected chi connectivity index (χ0v) is 20.2. The van der Waals surface area contributed by atoms with E-state index >= 15 is 0 Å². The van der Waals surface area contributed by atoms with Gasteiger partial charge in [-0.05, 0) is 42.4 Å². The number of amides is 1. The van der Waals surface area contributed by atoms with Crippen LogP contribution in [0, 0.1) is 11.8 Å². The van der Waals surface area contributed by atoms with Crippen molar-refractivity contribution >= 4 is 43.8 Å². The number of rotatable bonds is 6. The van der Waals surface area contributed by atoms with Gasteiger partial charge in [0.25, 0.3) is 0 Å². The second-order valence-corrected chi connectivity index (χ2v) is 12.7. The molecule has 0 radical (unpaired) electrons.